The quantitative estimate of drug-likeness (QED) is 0.392. The van der Waals surface area contributed by atoms with Gasteiger partial charge >= 0.3 is 0 Å². The molecule has 2 unspecified atom stereocenters. The molecule has 5 amide bonds. The van der Waals surface area contributed by atoms with Crippen molar-refractivity contribution in [2.24, 2.45) is 4.99 Å². The molecule has 1 fully saturated rings. The highest BCUT2D eigenvalue weighted by Crippen LogP contribution is 2.31. The Balaban J connectivity index is 1.23. The Kier molecular flexibility index (Phi) is 8.19. The average molecular weight is 543 g/mol. The maximum absolute atomic E-state index is 13.1. The van der Waals surface area contributed by atoms with E-state index in [-0.39, 0.29) is 36.0 Å². The Morgan fingerprint density at radius 3 is 2.73 bits per heavy atom. The average Bonchev–Trinajstić information content (AvgIpc) is 3.27. The van der Waals surface area contributed by atoms with Gasteiger partial charge in [-0.15, -0.1) is 0 Å². The van der Waals surface area contributed by atoms with Gasteiger partial charge < -0.3 is 10.2 Å². The highest BCUT2D eigenvalue weighted by atomic mass is 16.2. The van der Waals surface area contributed by atoms with Crippen molar-refractivity contribution in [2.45, 2.75) is 82.8 Å². The molecule has 3 atom stereocenters. The van der Waals surface area contributed by atoms with Gasteiger partial charge in [0.15, 0.2) is 0 Å². The van der Waals surface area contributed by atoms with Gasteiger partial charge in [-0.25, -0.2) is 4.99 Å². The van der Waals surface area contributed by atoms with Crippen LogP contribution in [0.5, 0.6) is 0 Å². The Morgan fingerprint density at radius 1 is 1.10 bits per heavy atom. The van der Waals surface area contributed by atoms with Crippen LogP contribution in [0.4, 0.5) is 0 Å². The van der Waals surface area contributed by atoms with Crippen LogP contribution in [0.1, 0.15) is 84.0 Å². The first kappa shape index (κ1) is 27.4. The molecule has 2 heterocycles. The zero-order valence-electron chi connectivity index (χ0n) is 22.7. The van der Waals surface area contributed by atoms with Crippen molar-refractivity contribution in [2.75, 3.05) is 0 Å². The largest absolute Gasteiger partial charge is 0.344 e. The molecule has 2 aromatic rings. The molecule has 208 valence electrons. The number of imide groups is 1. The third kappa shape index (κ3) is 5.88. The number of amides is 5. The van der Waals surface area contributed by atoms with Gasteiger partial charge in [-0.2, -0.15) is 0 Å². The standard InChI is InChI=1S/C31H34N4O5/c1-19(36)33-26(29(38)32-17-22-11-4-8-20-7-2-3-12-23(20)22)14-6-10-21-9-5-13-24-25(21)18-35(31(24)40)27-15-16-28(37)34-30(27)39/h2-3,5,7,9,12-13,17,22,26-27H,4,6,8,10-11,14-16,18H2,1H3,(H,33,36)(H,34,37,39)/b32-17+/t22?,26-,27?/m0/s1. The van der Waals surface area contributed by atoms with E-state index in [1.54, 1.807) is 12.3 Å². The summed E-state index contributed by atoms with van der Waals surface area (Å²) in [4.78, 5) is 67.8. The summed E-state index contributed by atoms with van der Waals surface area (Å²) < 4.78 is 0. The minimum atomic E-state index is -0.731. The maximum atomic E-state index is 13.1. The number of piperidine rings is 1. The van der Waals surface area contributed by atoms with Crippen molar-refractivity contribution in [3.05, 3.63) is 70.3 Å². The monoisotopic (exact) mass is 542 g/mol. The van der Waals surface area contributed by atoms with Crippen LogP contribution in [0, 0.1) is 0 Å². The number of carbonyl (C=O) groups excluding carboxylic acids is 5. The van der Waals surface area contributed by atoms with E-state index in [2.05, 4.69) is 27.8 Å². The van der Waals surface area contributed by atoms with Crippen LogP contribution in [0.15, 0.2) is 47.5 Å². The zero-order valence-corrected chi connectivity index (χ0v) is 22.7. The second-order valence-corrected chi connectivity index (χ2v) is 10.8. The van der Waals surface area contributed by atoms with E-state index in [1.165, 1.54) is 23.0 Å². The molecular formula is C31H34N4O5. The molecule has 9 nitrogen and oxygen atoms in total. The SMILES string of the molecule is CC(=O)N[C@@H](CCCc1cccc2c1CN(C1CCC(=O)NC1=O)C2=O)C(=O)/N=C/C1CCCc2ccccc21. The van der Waals surface area contributed by atoms with Gasteiger partial charge in [0, 0.05) is 37.6 Å². The van der Waals surface area contributed by atoms with Crippen molar-refractivity contribution >= 4 is 35.8 Å². The third-order valence-corrected chi connectivity index (χ3v) is 8.09. The lowest BCUT2D eigenvalue weighted by Gasteiger charge is -2.29. The first-order valence-corrected chi connectivity index (χ1v) is 14.0. The van der Waals surface area contributed by atoms with Crippen LogP contribution in [0.25, 0.3) is 0 Å². The number of rotatable bonds is 8. The van der Waals surface area contributed by atoms with Crippen molar-refractivity contribution < 1.29 is 24.0 Å². The molecular weight excluding hydrogens is 508 g/mol. The molecule has 0 bridgehead atoms. The van der Waals surface area contributed by atoms with Crippen molar-refractivity contribution in [1.82, 2.24) is 15.5 Å². The minimum absolute atomic E-state index is 0.0867. The predicted octanol–water partition coefficient (Wildman–Crippen LogP) is 2.99. The summed E-state index contributed by atoms with van der Waals surface area (Å²) in [7, 11) is 0. The van der Waals surface area contributed by atoms with E-state index < -0.39 is 18.0 Å². The first-order chi connectivity index (χ1) is 19.3. The third-order valence-electron chi connectivity index (χ3n) is 8.09. The van der Waals surface area contributed by atoms with Gasteiger partial charge in [0.1, 0.15) is 12.1 Å². The molecule has 40 heavy (non-hydrogen) atoms. The first-order valence-electron chi connectivity index (χ1n) is 14.0. The molecule has 1 aliphatic carbocycles. The van der Waals surface area contributed by atoms with E-state index in [4.69, 9.17) is 0 Å². The number of aliphatic imine (C=N–C) groups is 1. The summed E-state index contributed by atoms with van der Waals surface area (Å²) in [5, 5.41) is 5.08. The molecule has 0 spiro atoms. The number of nitrogens with one attached hydrogen (secondary N) is 2. The molecule has 5 rings (SSSR count). The highest BCUT2D eigenvalue weighted by molar-refractivity contribution is 6.05. The lowest BCUT2D eigenvalue weighted by Crippen LogP contribution is -2.52. The van der Waals surface area contributed by atoms with Crippen molar-refractivity contribution in [3.8, 4) is 0 Å². The van der Waals surface area contributed by atoms with Crippen LogP contribution in [0.3, 0.4) is 0 Å². The van der Waals surface area contributed by atoms with E-state index in [0.29, 0.717) is 37.8 Å². The van der Waals surface area contributed by atoms with Crippen molar-refractivity contribution in [1.29, 1.82) is 0 Å². The normalized spacial score (nSPS) is 21.1. The molecule has 9 heteroatoms. The minimum Gasteiger partial charge on any atom is -0.344 e. The number of carbonyl (C=O) groups is 5. The summed E-state index contributed by atoms with van der Waals surface area (Å²) in [6.45, 7) is 1.69. The van der Waals surface area contributed by atoms with Gasteiger partial charge in [0.2, 0.25) is 17.7 Å². The van der Waals surface area contributed by atoms with Gasteiger partial charge in [0.05, 0.1) is 0 Å². The molecule has 0 aromatic heterocycles. The number of aryl methyl sites for hydroxylation is 2. The summed E-state index contributed by atoms with van der Waals surface area (Å²) in [6.07, 6.45) is 6.87. The Labute approximate surface area is 233 Å². The maximum Gasteiger partial charge on any atom is 0.267 e. The van der Waals surface area contributed by atoms with Gasteiger partial charge in [-0.1, -0.05) is 36.4 Å². The van der Waals surface area contributed by atoms with Crippen LogP contribution in [0.2, 0.25) is 0 Å². The van der Waals surface area contributed by atoms with E-state index >= 15 is 0 Å². The van der Waals surface area contributed by atoms with Gasteiger partial charge in [0.25, 0.3) is 11.8 Å². The summed E-state index contributed by atoms with van der Waals surface area (Å²) >= 11 is 0. The van der Waals surface area contributed by atoms with Gasteiger partial charge in [-0.05, 0) is 73.3 Å². The second kappa shape index (κ2) is 11.9. The number of hydrogen-bond donors (Lipinski definition) is 2. The number of nitrogens with zero attached hydrogens (tertiary/aromatic N) is 2. The smallest absolute Gasteiger partial charge is 0.267 e. The van der Waals surface area contributed by atoms with E-state index in [9.17, 15) is 24.0 Å². The fourth-order valence-corrected chi connectivity index (χ4v) is 6.08. The molecule has 2 aliphatic heterocycles. The lowest BCUT2D eigenvalue weighted by molar-refractivity contribution is -0.137. The zero-order chi connectivity index (χ0) is 28.2. The van der Waals surface area contributed by atoms with Crippen LogP contribution in [-0.4, -0.2) is 52.7 Å². The fourth-order valence-electron chi connectivity index (χ4n) is 6.08. The fraction of sp³-hybridized carbons (Fsp3) is 0.419. The number of benzene rings is 2. The Hall–Kier alpha value is -4.14. The predicted molar refractivity (Wildman–Crippen MR) is 149 cm³/mol. The topological polar surface area (TPSA) is 125 Å². The molecule has 2 N–H and O–H groups in total. The van der Waals surface area contributed by atoms with Crippen LogP contribution >= 0.6 is 0 Å². The summed E-state index contributed by atoms with van der Waals surface area (Å²) in [5.74, 6) is -1.53. The molecule has 0 radical (unpaired) electrons. The molecule has 3 aliphatic rings. The summed E-state index contributed by atoms with van der Waals surface area (Å²) in [5.41, 5.74) is 4.90. The van der Waals surface area contributed by atoms with Crippen molar-refractivity contribution in [3.63, 3.8) is 0 Å². The second-order valence-electron chi connectivity index (χ2n) is 10.8. The number of hydrogen-bond acceptors (Lipinski definition) is 5. The Bertz CT molecular complexity index is 1380. The van der Waals surface area contributed by atoms with E-state index in [0.717, 1.165) is 30.4 Å². The Morgan fingerprint density at radius 2 is 1.93 bits per heavy atom. The summed E-state index contributed by atoms with van der Waals surface area (Å²) in [6, 6.07) is 12.4. The highest BCUT2D eigenvalue weighted by Gasteiger charge is 2.39. The molecule has 1 saturated heterocycles. The van der Waals surface area contributed by atoms with Crippen LogP contribution < -0.4 is 10.6 Å². The lowest BCUT2D eigenvalue weighted by atomic mass is 9.83. The van der Waals surface area contributed by atoms with E-state index in [1.807, 2.05) is 24.3 Å². The van der Waals surface area contributed by atoms with Gasteiger partial charge in [-0.3, -0.25) is 29.3 Å². The molecule has 0 saturated carbocycles. The van der Waals surface area contributed by atoms with Crippen LogP contribution in [-0.2, 0) is 38.6 Å². The molecule has 2 aromatic carbocycles. The number of fused-ring (bicyclic) bond motifs is 2.